The van der Waals surface area contributed by atoms with Gasteiger partial charge in [-0.3, -0.25) is 9.36 Å². The first-order valence-electron chi connectivity index (χ1n) is 8.96. The Morgan fingerprint density at radius 2 is 1.85 bits per heavy atom. The lowest BCUT2D eigenvalue weighted by molar-refractivity contribution is 0.256. The van der Waals surface area contributed by atoms with Crippen molar-refractivity contribution in [1.82, 2.24) is 9.55 Å². The van der Waals surface area contributed by atoms with Gasteiger partial charge in [-0.1, -0.05) is 32.0 Å². The molecule has 0 aliphatic heterocycles. The second kappa shape index (κ2) is 7.96. The number of nitrogens with zero attached hydrogens (tertiary/aromatic N) is 1. The molecule has 5 nitrogen and oxygen atoms in total. The average molecular weight is 385 g/mol. The maximum atomic E-state index is 13.0. The van der Waals surface area contributed by atoms with E-state index in [1.807, 2.05) is 43.3 Å². The Labute approximate surface area is 163 Å². The smallest absolute Gasteiger partial charge is 0.262 e. The van der Waals surface area contributed by atoms with Crippen LogP contribution in [0.1, 0.15) is 32.4 Å². The highest BCUT2D eigenvalue weighted by Gasteiger charge is 2.16. The largest absolute Gasteiger partial charge is 0.493 e. The molecule has 0 saturated heterocycles. The molecule has 0 amide bonds. The molecule has 0 radical (unpaired) electrons. The molecule has 0 fully saturated rings. The number of hydrogen-bond acceptors (Lipinski definition) is 4. The second-order valence-corrected chi connectivity index (χ2v) is 7.33. The number of fused-ring (bicyclic) bond motifs is 1. The summed E-state index contributed by atoms with van der Waals surface area (Å²) in [7, 11) is 1.61. The third kappa shape index (κ3) is 3.90. The van der Waals surface area contributed by atoms with Gasteiger partial charge >= 0.3 is 0 Å². The first-order chi connectivity index (χ1) is 12.9. The topological polar surface area (TPSA) is 56.2 Å². The van der Waals surface area contributed by atoms with E-state index in [0.29, 0.717) is 34.2 Å². The van der Waals surface area contributed by atoms with Crippen LogP contribution in [0.4, 0.5) is 0 Å². The molecule has 1 aromatic heterocycles. The summed E-state index contributed by atoms with van der Waals surface area (Å²) < 4.78 is 13.3. The molecule has 1 heterocycles. The number of benzene rings is 2. The summed E-state index contributed by atoms with van der Waals surface area (Å²) in [6.45, 7) is 6.75. The van der Waals surface area contributed by atoms with E-state index in [2.05, 4.69) is 18.8 Å². The summed E-state index contributed by atoms with van der Waals surface area (Å²) in [4.78, 5) is 16.1. The van der Waals surface area contributed by atoms with E-state index in [0.717, 1.165) is 11.1 Å². The number of aromatic amines is 1. The minimum atomic E-state index is -0.251. The Kier molecular flexibility index (Phi) is 5.65. The Morgan fingerprint density at radius 3 is 2.56 bits per heavy atom. The summed E-state index contributed by atoms with van der Waals surface area (Å²) in [5.41, 5.74) is 1.55. The molecule has 1 atom stereocenters. The predicted octanol–water partition coefficient (Wildman–Crippen LogP) is 4.71. The van der Waals surface area contributed by atoms with Gasteiger partial charge in [0, 0.05) is 0 Å². The Morgan fingerprint density at radius 1 is 1.11 bits per heavy atom. The number of methoxy groups -OCH3 is 1. The first kappa shape index (κ1) is 19.2. The minimum Gasteiger partial charge on any atom is -0.493 e. The zero-order chi connectivity index (χ0) is 19.6. The fourth-order valence-corrected chi connectivity index (χ4v) is 3.35. The van der Waals surface area contributed by atoms with E-state index in [1.54, 1.807) is 17.7 Å². The van der Waals surface area contributed by atoms with Gasteiger partial charge in [-0.2, -0.15) is 0 Å². The molecule has 6 heteroatoms. The molecule has 1 N–H and O–H groups in total. The molecule has 0 saturated carbocycles. The number of H-pyrrole nitrogens is 1. The van der Waals surface area contributed by atoms with Crippen LogP contribution in [0.5, 0.6) is 11.5 Å². The summed E-state index contributed by atoms with van der Waals surface area (Å²) in [5, 5.41) is 0.613. The highest BCUT2D eigenvalue weighted by molar-refractivity contribution is 7.71. The van der Waals surface area contributed by atoms with E-state index in [1.165, 1.54) is 0 Å². The van der Waals surface area contributed by atoms with Crippen molar-refractivity contribution in [3.63, 3.8) is 0 Å². The lowest BCUT2D eigenvalue weighted by atomic mass is 10.1. The summed E-state index contributed by atoms with van der Waals surface area (Å²) >= 11 is 5.45. The van der Waals surface area contributed by atoms with Gasteiger partial charge in [0.05, 0.1) is 30.7 Å². The van der Waals surface area contributed by atoms with Gasteiger partial charge in [-0.05, 0) is 54.9 Å². The number of hydrogen-bond donors (Lipinski definition) is 1. The Balaban J connectivity index is 2.03. The monoisotopic (exact) mass is 384 g/mol. The van der Waals surface area contributed by atoms with Crippen molar-refractivity contribution in [2.75, 3.05) is 13.7 Å². The van der Waals surface area contributed by atoms with Crippen LogP contribution in [-0.4, -0.2) is 23.3 Å². The fraction of sp³-hybridized carbons (Fsp3) is 0.333. The molecule has 2 aromatic carbocycles. The van der Waals surface area contributed by atoms with E-state index < -0.39 is 0 Å². The van der Waals surface area contributed by atoms with Crippen LogP contribution in [0.25, 0.3) is 10.9 Å². The van der Waals surface area contributed by atoms with Gasteiger partial charge in [0.2, 0.25) is 0 Å². The van der Waals surface area contributed by atoms with Gasteiger partial charge < -0.3 is 14.5 Å². The quantitative estimate of drug-likeness (QED) is 0.625. The number of aromatic nitrogens is 2. The van der Waals surface area contributed by atoms with E-state index in [4.69, 9.17) is 21.7 Å². The fourth-order valence-electron chi connectivity index (χ4n) is 3.00. The van der Waals surface area contributed by atoms with Crippen LogP contribution in [0, 0.1) is 10.7 Å². The van der Waals surface area contributed by atoms with Crippen LogP contribution < -0.4 is 15.0 Å². The normalized spacial score (nSPS) is 12.3. The maximum Gasteiger partial charge on any atom is 0.262 e. The number of nitrogens with one attached hydrogen (secondary N) is 1. The Hall–Kier alpha value is -2.60. The molecule has 142 valence electrons. The summed E-state index contributed by atoms with van der Waals surface area (Å²) in [6.07, 6.45) is 0. The highest BCUT2D eigenvalue weighted by atomic mass is 32.1. The van der Waals surface area contributed by atoms with Crippen molar-refractivity contribution in [3.05, 3.63) is 63.2 Å². The number of rotatable bonds is 6. The molecule has 27 heavy (non-hydrogen) atoms. The van der Waals surface area contributed by atoms with Crippen LogP contribution in [0.2, 0.25) is 0 Å². The zero-order valence-electron chi connectivity index (χ0n) is 16.0. The Bertz CT molecular complexity index is 1070. The molecule has 0 bridgehead atoms. The molecule has 0 aliphatic rings. The number of para-hydroxylation sites is 1. The first-order valence-corrected chi connectivity index (χ1v) is 9.37. The van der Waals surface area contributed by atoms with Crippen molar-refractivity contribution >= 4 is 23.1 Å². The van der Waals surface area contributed by atoms with E-state index in [-0.39, 0.29) is 11.6 Å². The lowest BCUT2D eigenvalue weighted by Crippen LogP contribution is -2.25. The van der Waals surface area contributed by atoms with Crippen LogP contribution in [0.3, 0.4) is 0 Å². The number of ether oxygens (including phenoxy) is 2. The molecule has 3 rings (SSSR count). The van der Waals surface area contributed by atoms with Crippen molar-refractivity contribution < 1.29 is 9.47 Å². The molecule has 3 aromatic rings. The predicted molar refractivity (Wildman–Crippen MR) is 111 cm³/mol. The minimum absolute atomic E-state index is 0.110. The molecule has 0 aliphatic carbocycles. The maximum absolute atomic E-state index is 13.0. The third-order valence-corrected chi connectivity index (χ3v) is 4.76. The van der Waals surface area contributed by atoms with Crippen molar-refractivity contribution in [2.45, 2.75) is 26.8 Å². The highest BCUT2D eigenvalue weighted by Crippen LogP contribution is 2.31. The van der Waals surface area contributed by atoms with Gasteiger partial charge in [0.1, 0.15) is 0 Å². The van der Waals surface area contributed by atoms with E-state index in [9.17, 15) is 4.79 Å². The molecule has 1 unspecified atom stereocenters. The van der Waals surface area contributed by atoms with Crippen LogP contribution in [-0.2, 0) is 0 Å². The van der Waals surface area contributed by atoms with Crippen LogP contribution in [0.15, 0.2) is 47.3 Å². The van der Waals surface area contributed by atoms with E-state index >= 15 is 0 Å². The lowest BCUT2D eigenvalue weighted by Gasteiger charge is -2.19. The standard InChI is InChI=1S/C21H24N2O3S/c1-13(2)12-26-18-10-9-15(11-19(18)25-4)14(3)23-20(24)16-7-5-6-8-17(16)22-21(23)27/h5-11,13-14H,12H2,1-4H3,(H,22,27). The van der Waals surface area contributed by atoms with Crippen molar-refractivity contribution in [2.24, 2.45) is 5.92 Å². The van der Waals surface area contributed by atoms with Crippen molar-refractivity contribution in [1.29, 1.82) is 0 Å². The zero-order valence-corrected chi connectivity index (χ0v) is 16.8. The molecular weight excluding hydrogens is 360 g/mol. The molecular formula is C21H24N2O3S. The summed E-state index contributed by atoms with van der Waals surface area (Å²) in [6, 6.07) is 12.9. The van der Waals surface area contributed by atoms with Gasteiger partial charge in [-0.25, -0.2) is 0 Å². The third-order valence-electron chi connectivity index (χ3n) is 4.47. The van der Waals surface area contributed by atoms with Crippen LogP contribution >= 0.6 is 12.2 Å². The van der Waals surface area contributed by atoms with Crippen molar-refractivity contribution in [3.8, 4) is 11.5 Å². The SMILES string of the molecule is COc1cc(C(C)n2c(=S)[nH]c3ccccc3c2=O)ccc1OCC(C)C. The van der Waals surface area contributed by atoms with Gasteiger partial charge in [0.25, 0.3) is 5.56 Å². The second-order valence-electron chi connectivity index (χ2n) is 6.94. The summed E-state index contributed by atoms with van der Waals surface area (Å²) in [5.74, 6) is 1.75. The average Bonchev–Trinajstić information content (AvgIpc) is 2.66. The van der Waals surface area contributed by atoms with Gasteiger partial charge in [-0.15, -0.1) is 0 Å². The van der Waals surface area contributed by atoms with Gasteiger partial charge in [0.15, 0.2) is 16.3 Å². The molecule has 0 spiro atoms.